The predicted octanol–water partition coefficient (Wildman–Crippen LogP) is 4.57. The largest absolute Gasteiger partial charge is 0.464 e. The Hall–Kier alpha value is -1.37. The fraction of sp³-hybridized carbons (Fsp3) is 0.821. The molecule has 0 saturated heterocycles. The van der Waals surface area contributed by atoms with Crippen molar-refractivity contribution in [1.29, 1.82) is 0 Å². The lowest BCUT2D eigenvalue weighted by Crippen LogP contribution is -2.66. The van der Waals surface area contributed by atoms with Crippen LogP contribution >= 0.6 is 0 Å². The summed E-state index contributed by atoms with van der Waals surface area (Å²) in [4.78, 5) is 18.0. The van der Waals surface area contributed by atoms with Crippen LogP contribution in [0, 0.1) is 28.6 Å². The van der Waals surface area contributed by atoms with E-state index in [-0.39, 0.29) is 40.8 Å². The molecule has 1 amide bonds. The Balaban J connectivity index is 1.90. The van der Waals surface area contributed by atoms with Gasteiger partial charge in [0.2, 0.25) is 5.91 Å². The smallest absolute Gasteiger partial charge is 0.230 e. The van der Waals surface area contributed by atoms with Gasteiger partial charge in [0, 0.05) is 45.7 Å². The van der Waals surface area contributed by atoms with Gasteiger partial charge in [-0.1, -0.05) is 27.2 Å². The van der Waals surface area contributed by atoms with Crippen molar-refractivity contribution in [1.82, 2.24) is 9.80 Å². The number of rotatable bonds is 6. The predicted molar refractivity (Wildman–Crippen MR) is 134 cm³/mol. The molecular weight excluding hydrogens is 428 g/mol. The van der Waals surface area contributed by atoms with Gasteiger partial charge in [-0.2, -0.15) is 0 Å². The zero-order valence-electron chi connectivity index (χ0n) is 22.8. The van der Waals surface area contributed by atoms with Gasteiger partial charge in [0.25, 0.3) is 0 Å². The molecule has 7 atom stereocenters. The Labute approximate surface area is 206 Å². The van der Waals surface area contributed by atoms with Gasteiger partial charge in [0.05, 0.1) is 24.7 Å². The fourth-order valence-electron chi connectivity index (χ4n) is 8.21. The molecule has 0 aliphatic heterocycles. The van der Waals surface area contributed by atoms with Gasteiger partial charge in [-0.05, 0) is 62.6 Å². The van der Waals surface area contributed by atoms with Crippen molar-refractivity contribution >= 4 is 5.91 Å². The van der Waals surface area contributed by atoms with Crippen LogP contribution < -0.4 is 0 Å². The molecule has 0 radical (unpaired) electrons. The number of fused-ring (bicyclic) bond motifs is 4. The lowest BCUT2D eigenvalue weighted by molar-refractivity contribution is -0.232. The maximum Gasteiger partial charge on any atom is 0.230 e. The lowest BCUT2D eigenvalue weighted by atomic mass is 9.42. The number of ether oxygens (including phenoxy) is 2. The van der Waals surface area contributed by atoms with Crippen LogP contribution in [0.15, 0.2) is 10.5 Å². The zero-order valence-corrected chi connectivity index (χ0v) is 22.8. The number of likely N-dealkylation sites (N-methyl/N-ethyl adjacent to an activating group) is 1. The number of furan rings is 1. The van der Waals surface area contributed by atoms with E-state index in [2.05, 4.69) is 45.8 Å². The van der Waals surface area contributed by atoms with E-state index in [1.807, 2.05) is 26.0 Å². The molecule has 3 aliphatic rings. The van der Waals surface area contributed by atoms with Gasteiger partial charge >= 0.3 is 0 Å². The van der Waals surface area contributed by atoms with Crippen LogP contribution in [-0.4, -0.2) is 69.8 Å². The fourth-order valence-corrected chi connectivity index (χ4v) is 8.21. The van der Waals surface area contributed by atoms with E-state index in [4.69, 9.17) is 13.9 Å². The summed E-state index contributed by atoms with van der Waals surface area (Å²) < 4.78 is 19.1. The first kappa shape index (κ1) is 25.7. The van der Waals surface area contributed by atoms with Crippen LogP contribution in [-0.2, 0) is 27.2 Å². The molecule has 6 heteroatoms. The van der Waals surface area contributed by atoms with Crippen LogP contribution in [0.1, 0.15) is 70.0 Å². The summed E-state index contributed by atoms with van der Waals surface area (Å²) >= 11 is 0. The van der Waals surface area contributed by atoms with Crippen molar-refractivity contribution in [2.75, 3.05) is 41.9 Å². The van der Waals surface area contributed by atoms with Crippen molar-refractivity contribution < 1.29 is 18.7 Å². The molecule has 2 fully saturated rings. The molecule has 1 aromatic heterocycles. The van der Waals surface area contributed by atoms with E-state index in [1.165, 1.54) is 12.8 Å². The minimum atomic E-state index is -0.274. The summed E-state index contributed by atoms with van der Waals surface area (Å²) in [5, 5.41) is 0. The summed E-state index contributed by atoms with van der Waals surface area (Å²) in [7, 11) is 9.65. The third-order valence-electron chi connectivity index (χ3n) is 9.58. The van der Waals surface area contributed by atoms with Crippen LogP contribution in [0.4, 0.5) is 0 Å². The minimum absolute atomic E-state index is 0.0384. The number of amides is 1. The van der Waals surface area contributed by atoms with E-state index in [1.54, 1.807) is 7.11 Å². The monoisotopic (exact) mass is 474 g/mol. The van der Waals surface area contributed by atoms with E-state index >= 15 is 0 Å². The molecule has 1 aromatic rings. The summed E-state index contributed by atoms with van der Waals surface area (Å²) in [6.07, 6.45) is 4.26. The number of nitrogens with zero attached hydrogens (tertiary/aromatic N) is 2. The molecular formula is C28H46N2O4. The molecule has 1 heterocycles. The molecule has 4 rings (SSSR count). The van der Waals surface area contributed by atoms with E-state index in [0.29, 0.717) is 18.4 Å². The number of hydrogen-bond acceptors (Lipinski definition) is 5. The van der Waals surface area contributed by atoms with Crippen molar-refractivity contribution in [2.45, 2.75) is 78.0 Å². The number of carbonyl (C=O) groups is 1. The van der Waals surface area contributed by atoms with Crippen molar-refractivity contribution in [3.8, 4) is 0 Å². The summed E-state index contributed by atoms with van der Waals surface area (Å²) in [6, 6.07) is 2.14. The third-order valence-corrected chi connectivity index (χ3v) is 9.58. The molecule has 34 heavy (non-hydrogen) atoms. The molecule has 6 nitrogen and oxygen atoms in total. The molecule has 2 saturated carbocycles. The van der Waals surface area contributed by atoms with Gasteiger partial charge < -0.3 is 23.7 Å². The summed E-state index contributed by atoms with van der Waals surface area (Å²) in [5.41, 5.74) is 1.27. The van der Waals surface area contributed by atoms with Crippen molar-refractivity contribution in [3.63, 3.8) is 0 Å². The van der Waals surface area contributed by atoms with Gasteiger partial charge in [0.1, 0.15) is 11.5 Å². The quantitative estimate of drug-likeness (QED) is 0.605. The Bertz CT molecular complexity index is 893. The van der Waals surface area contributed by atoms with Crippen molar-refractivity contribution in [3.05, 3.63) is 23.2 Å². The first-order chi connectivity index (χ1) is 16.0. The Morgan fingerprint density at radius 3 is 2.38 bits per heavy atom. The van der Waals surface area contributed by atoms with E-state index in [9.17, 15) is 4.79 Å². The molecule has 3 aliphatic carbocycles. The number of hydrogen-bond donors (Lipinski definition) is 0. The van der Waals surface area contributed by atoms with E-state index < -0.39 is 0 Å². The van der Waals surface area contributed by atoms with Gasteiger partial charge in [0.15, 0.2) is 0 Å². The normalized spacial score (nSPS) is 36.5. The van der Waals surface area contributed by atoms with Crippen molar-refractivity contribution in [2.24, 2.45) is 28.6 Å². The second-order valence-corrected chi connectivity index (χ2v) is 12.3. The number of carbonyl (C=O) groups excluding carboxylic acids is 1. The summed E-state index contributed by atoms with van der Waals surface area (Å²) in [5.74, 6) is 2.57. The molecule has 0 spiro atoms. The maximum atomic E-state index is 14.0. The molecule has 0 aromatic carbocycles. The van der Waals surface area contributed by atoms with E-state index in [0.717, 1.165) is 36.5 Å². The summed E-state index contributed by atoms with van der Waals surface area (Å²) in [6.45, 7) is 10.7. The topological polar surface area (TPSA) is 55.2 Å². The van der Waals surface area contributed by atoms with Gasteiger partial charge in [-0.15, -0.1) is 0 Å². The van der Waals surface area contributed by atoms with Crippen LogP contribution in [0.5, 0.6) is 0 Å². The highest BCUT2D eigenvalue weighted by Gasteiger charge is 2.65. The second kappa shape index (κ2) is 9.25. The first-order valence-corrected chi connectivity index (χ1v) is 13.1. The average Bonchev–Trinajstić information content (AvgIpc) is 3.16. The third kappa shape index (κ3) is 3.94. The standard InChI is InChI=1S/C28H46N2O4/c1-10-30(7)26(31)21-18-14-17(16-29(5)6)34-20(18)15-19-22(21)23(32-8)24(33-9)25-27(2,3)12-11-13-28(19,25)4/h14,19,21-25H,10-13,15-16H2,1-9H3/t19-,21+,22+,23+,24-,25?,28+/m0/s1. The van der Waals surface area contributed by atoms with Gasteiger partial charge in [-0.25, -0.2) is 0 Å². The molecule has 1 unspecified atom stereocenters. The minimum Gasteiger partial charge on any atom is -0.464 e. The molecule has 192 valence electrons. The van der Waals surface area contributed by atoms with Gasteiger partial charge in [-0.3, -0.25) is 4.79 Å². The zero-order chi connectivity index (χ0) is 25.0. The Morgan fingerprint density at radius 2 is 1.79 bits per heavy atom. The highest BCUT2D eigenvalue weighted by Crippen LogP contribution is 2.66. The Morgan fingerprint density at radius 1 is 1.12 bits per heavy atom. The second-order valence-electron chi connectivity index (χ2n) is 12.3. The van der Waals surface area contributed by atoms with Crippen LogP contribution in [0.25, 0.3) is 0 Å². The SMILES string of the molecule is CCN(C)C(=O)[C@@H]1c2cc(CN(C)C)oc2C[C@H]2[C@H]1[C@@H](OC)[C@H](OC)C1C(C)(C)CCC[C@@]12C. The average molecular weight is 475 g/mol. The molecule has 0 N–H and O–H groups in total. The highest BCUT2D eigenvalue weighted by molar-refractivity contribution is 5.85. The highest BCUT2D eigenvalue weighted by atomic mass is 16.5. The molecule has 0 bridgehead atoms. The first-order valence-electron chi connectivity index (χ1n) is 13.1. The number of methoxy groups -OCH3 is 2. The van der Waals surface area contributed by atoms with Crippen LogP contribution in [0.3, 0.4) is 0 Å². The van der Waals surface area contributed by atoms with Crippen LogP contribution in [0.2, 0.25) is 0 Å². The lowest BCUT2D eigenvalue weighted by Gasteiger charge is -2.65. The Kier molecular flexibility index (Phi) is 7.00. The maximum absolute atomic E-state index is 14.0.